The molecular formula is C13H23ClN2O3. The number of carbonyl (C=O) groups excluding carboxylic acids is 1. The van der Waals surface area contributed by atoms with Crippen molar-refractivity contribution >= 4 is 24.3 Å². The van der Waals surface area contributed by atoms with E-state index in [0.29, 0.717) is 19.5 Å². The zero-order chi connectivity index (χ0) is 13.7. The number of carboxylic acid groups (broad SMARTS) is 1. The van der Waals surface area contributed by atoms with Crippen molar-refractivity contribution in [2.24, 2.45) is 5.92 Å². The molecule has 1 unspecified atom stereocenters. The second kappa shape index (κ2) is 8.17. The van der Waals surface area contributed by atoms with Crippen molar-refractivity contribution in [1.29, 1.82) is 0 Å². The van der Waals surface area contributed by atoms with Gasteiger partial charge in [-0.05, 0) is 18.8 Å². The van der Waals surface area contributed by atoms with E-state index in [-0.39, 0.29) is 30.3 Å². The summed E-state index contributed by atoms with van der Waals surface area (Å²) < 4.78 is 0. The molecule has 1 saturated heterocycles. The van der Waals surface area contributed by atoms with Crippen LogP contribution in [-0.4, -0.2) is 47.1 Å². The van der Waals surface area contributed by atoms with Crippen LogP contribution in [0.2, 0.25) is 0 Å². The molecule has 5 nitrogen and oxygen atoms in total. The van der Waals surface area contributed by atoms with Crippen molar-refractivity contribution in [3.8, 4) is 0 Å². The van der Waals surface area contributed by atoms with Gasteiger partial charge >= 0.3 is 5.97 Å². The van der Waals surface area contributed by atoms with E-state index in [1.165, 1.54) is 6.92 Å². The number of carbonyl (C=O) groups is 2. The molecule has 19 heavy (non-hydrogen) atoms. The second-order valence-corrected chi connectivity index (χ2v) is 4.85. The number of hydrogen-bond donors (Lipinski definition) is 2. The highest BCUT2D eigenvalue weighted by atomic mass is 35.5. The first kappa shape index (κ1) is 17.9. The van der Waals surface area contributed by atoms with Crippen LogP contribution in [-0.2, 0) is 9.59 Å². The maximum Gasteiger partial charge on any atom is 0.320 e. The molecule has 110 valence electrons. The van der Waals surface area contributed by atoms with Crippen molar-refractivity contribution in [3.05, 3.63) is 12.7 Å². The lowest BCUT2D eigenvalue weighted by Gasteiger charge is -2.26. The lowest BCUT2D eigenvalue weighted by atomic mass is 10.1. The highest BCUT2D eigenvalue weighted by Crippen LogP contribution is 2.24. The van der Waals surface area contributed by atoms with Gasteiger partial charge in [-0.15, -0.1) is 19.0 Å². The first-order chi connectivity index (χ1) is 8.47. The van der Waals surface area contributed by atoms with Crippen LogP contribution < -0.4 is 5.32 Å². The average Bonchev–Trinajstić information content (AvgIpc) is 2.70. The second-order valence-electron chi connectivity index (χ2n) is 4.85. The fourth-order valence-electron chi connectivity index (χ4n) is 2.42. The molecule has 0 aromatic carbocycles. The van der Waals surface area contributed by atoms with Gasteiger partial charge in [0.15, 0.2) is 0 Å². The number of nitrogens with zero attached hydrogens (tertiary/aromatic N) is 1. The summed E-state index contributed by atoms with van der Waals surface area (Å²) in [4.78, 5) is 24.2. The zero-order valence-electron chi connectivity index (χ0n) is 11.5. The average molecular weight is 291 g/mol. The van der Waals surface area contributed by atoms with Crippen molar-refractivity contribution in [3.63, 3.8) is 0 Å². The summed E-state index contributed by atoms with van der Waals surface area (Å²) in [6, 6.07) is -0.455. The molecule has 0 radical (unpaired) electrons. The summed E-state index contributed by atoms with van der Waals surface area (Å²) in [5, 5.41) is 12.1. The van der Waals surface area contributed by atoms with Gasteiger partial charge in [-0.25, -0.2) is 0 Å². The molecule has 0 spiro atoms. The van der Waals surface area contributed by atoms with Crippen LogP contribution in [0.4, 0.5) is 0 Å². The van der Waals surface area contributed by atoms with Crippen molar-refractivity contribution < 1.29 is 14.7 Å². The fraction of sp³-hybridized carbons (Fsp3) is 0.692. The number of nitrogens with one attached hydrogen (secondary N) is 1. The third-order valence-electron chi connectivity index (χ3n) is 3.41. The topological polar surface area (TPSA) is 69.6 Å². The predicted octanol–water partition coefficient (Wildman–Crippen LogP) is 1.28. The maximum absolute atomic E-state index is 11.2. The van der Waals surface area contributed by atoms with Crippen LogP contribution in [0.25, 0.3) is 0 Å². The van der Waals surface area contributed by atoms with Crippen LogP contribution in [0.3, 0.4) is 0 Å². The van der Waals surface area contributed by atoms with Crippen molar-refractivity contribution in [1.82, 2.24) is 10.2 Å². The van der Waals surface area contributed by atoms with Gasteiger partial charge in [0.2, 0.25) is 5.91 Å². The van der Waals surface area contributed by atoms with E-state index in [2.05, 4.69) is 11.9 Å². The number of amides is 1. The predicted molar refractivity (Wildman–Crippen MR) is 76.4 cm³/mol. The molecule has 6 heteroatoms. The Labute approximate surface area is 120 Å². The van der Waals surface area contributed by atoms with Gasteiger partial charge < -0.3 is 10.4 Å². The highest BCUT2D eigenvalue weighted by molar-refractivity contribution is 5.85. The lowest BCUT2D eigenvalue weighted by molar-refractivity contribution is -0.142. The highest BCUT2D eigenvalue weighted by Gasteiger charge is 2.36. The van der Waals surface area contributed by atoms with E-state index in [4.69, 9.17) is 0 Å². The van der Waals surface area contributed by atoms with Gasteiger partial charge in [0.1, 0.15) is 6.04 Å². The number of halogens is 1. The Morgan fingerprint density at radius 3 is 2.63 bits per heavy atom. The largest absolute Gasteiger partial charge is 0.480 e. The van der Waals surface area contributed by atoms with Crippen LogP contribution >= 0.6 is 12.4 Å². The molecule has 1 fully saturated rings. The monoisotopic (exact) mass is 290 g/mol. The standard InChI is InChI=1S/C13H22N2O3.ClH/c1-4-10-6-12(13(17)18)15(7-10)8-11(5-2)14-9(3)16;/h4,10-12H,1,5-8H2,2-3H3,(H,14,16)(H,17,18);1H/t10-,11?,12-;/m1./s1. The molecule has 1 amide bonds. The van der Waals surface area contributed by atoms with Crippen LogP contribution in [0, 0.1) is 5.92 Å². The van der Waals surface area contributed by atoms with Crippen molar-refractivity contribution in [2.75, 3.05) is 13.1 Å². The maximum atomic E-state index is 11.2. The Morgan fingerprint density at radius 2 is 2.21 bits per heavy atom. The minimum Gasteiger partial charge on any atom is -0.480 e. The van der Waals surface area contributed by atoms with E-state index in [9.17, 15) is 14.7 Å². The van der Waals surface area contributed by atoms with Crippen LogP contribution in [0.15, 0.2) is 12.7 Å². The quantitative estimate of drug-likeness (QED) is 0.723. The van der Waals surface area contributed by atoms with E-state index in [1.807, 2.05) is 17.9 Å². The lowest BCUT2D eigenvalue weighted by Crippen LogP contribution is -2.46. The summed E-state index contributed by atoms with van der Waals surface area (Å²) in [5.41, 5.74) is 0. The van der Waals surface area contributed by atoms with Gasteiger partial charge in [-0.3, -0.25) is 14.5 Å². The number of aliphatic carboxylic acids is 1. The SMILES string of the molecule is C=C[C@@H]1C[C@H](C(=O)O)N(CC(CC)NC(C)=O)C1.Cl. The Morgan fingerprint density at radius 1 is 1.58 bits per heavy atom. The van der Waals surface area contributed by atoms with Gasteiger partial charge in [0.05, 0.1) is 0 Å². The van der Waals surface area contributed by atoms with Crippen LogP contribution in [0.5, 0.6) is 0 Å². The summed E-state index contributed by atoms with van der Waals surface area (Å²) >= 11 is 0. The molecule has 1 aliphatic heterocycles. The zero-order valence-corrected chi connectivity index (χ0v) is 12.3. The summed E-state index contributed by atoms with van der Waals surface area (Å²) in [5.74, 6) is -0.647. The molecule has 1 heterocycles. The molecule has 0 aromatic heterocycles. The van der Waals surface area contributed by atoms with E-state index in [0.717, 1.165) is 6.42 Å². The summed E-state index contributed by atoms with van der Waals surface area (Å²) in [7, 11) is 0. The number of likely N-dealkylation sites (tertiary alicyclic amines) is 1. The van der Waals surface area contributed by atoms with Crippen LogP contribution in [0.1, 0.15) is 26.7 Å². The molecule has 2 N–H and O–H groups in total. The minimum atomic E-state index is -0.794. The number of rotatable bonds is 6. The smallest absolute Gasteiger partial charge is 0.320 e. The third kappa shape index (κ3) is 5.20. The van der Waals surface area contributed by atoms with E-state index in [1.54, 1.807) is 0 Å². The Kier molecular flexibility index (Phi) is 7.71. The molecule has 3 atom stereocenters. The molecule has 0 saturated carbocycles. The Hall–Kier alpha value is -1.07. The third-order valence-corrected chi connectivity index (χ3v) is 3.41. The van der Waals surface area contributed by atoms with E-state index >= 15 is 0 Å². The Bertz CT molecular complexity index is 336. The van der Waals surface area contributed by atoms with Gasteiger partial charge in [-0.1, -0.05) is 13.0 Å². The van der Waals surface area contributed by atoms with E-state index < -0.39 is 12.0 Å². The first-order valence-electron chi connectivity index (χ1n) is 6.34. The molecule has 1 rings (SSSR count). The number of hydrogen-bond acceptors (Lipinski definition) is 3. The summed E-state index contributed by atoms with van der Waals surface area (Å²) in [6.07, 6.45) is 3.21. The molecule has 0 aliphatic carbocycles. The molecular weight excluding hydrogens is 268 g/mol. The normalized spacial score (nSPS) is 24.3. The molecule has 1 aliphatic rings. The van der Waals surface area contributed by atoms with Gasteiger partial charge in [0.25, 0.3) is 0 Å². The minimum absolute atomic E-state index is 0. The first-order valence-corrected chi connectivity index (χ1v) is 6.34. The molecule has 0 bridgehead atoms. The van der Waals surface area contributed by atoms with Gasteiger partial charge in [-0.2, -0.15) is 0 Å². The summed E-state index contributed by atoms with van der Waals surface area (Å²) in [6.45, 7) is 8.48. The fourth-order valence-corrected chi connectivity index (χ4v) is 2.42. The molecule has 0 aromatic rings. The number of carboxylic acids is 1. The van der Waals surface area contributed by atoms with Crippen molar-refractivity contribution in [2.45, 2.75) is 38.8 Å². The Balaban J connectivity index is 0.00000324. The van der Waals surface area contributed by atoms with Gasteiger partial charge in [0, 0.05) is 26.1 Å².